The van der Waals surface area contributed by atoms with Crippen LogP contribution in [0.4, 0.5) is 0 Å². The van der Waals surface area contributed by atoms with Crippen molar-refractivity contribution in [2.24, 2.45) is 0 Å². The van der Waals surface area contributed by atoms with Gasteiger partial charge in [-0.2, -0.15) is 0 Å². The first-order valence-electron chi connectivity index (χ1n) is 5.33. The topological polar surface area (TPSA) is 0 Å². The van der Waals surface area contributed by atoms with Gasteiger partial charge in [-0.1, -0.05) is 39.0 Å². The van der Waals surface area contributed by atoms with E-state index in [4.69, 9.17) is 66.5 Å². The largest absolute Gasteiger partial charge is 0.345 e. The van der Waals surface area contributed by atoms with E-state index < -0.39 is 12.0 Å². The molecule has 0 rings (SSSR count). The lowest BCUT2D eigenvalue weighted by molar-refractivity contribution is 0.617. The van der Waals surface area contributed by atoms with Gasteiger partial charge in [0.25, 0.3) is 0 Å². The van der Waals surface area contributed by atoms with Gasteiger partial charge in [0.05, 0.1) is 0 Å². The number of rotatable bonds is 8. The van der Waals surface area contributed by atoms with Gasteiger partial charge < -0.3 is 0 Å². The van der Waals surface area contributed by atoms with Crippen LogP contribution in [0.3, 0.4) is 0 Å². The fraction of sp³-hybridized carbons (Fsp3) is 1.00. The molecule has 0 N–H and O–H groups in total. The Kier molecular flexibility index (Phi) is 9.50. The average molecular weight is 381 g/mol. The summed E-state index contributed by atoms with van der Waals surface area (Å²) in [5, 5.41) is -0.295. The maximum atomic E-state index is 5.98. The lowest BCUT2D eigenvalue weighted by atomic mass is 10.1. The average Bonchev–Trinajstić information content (AvgIpc) is 2.06. The number of halogens is 6. The molecule has 0 aromatic rings. The molecule has 0 saturated heterocycles. The van der Waals surface area contributed by atoms with Crippen LogP contribution in [0, 0.1) is 0 Å². The Balaban J connectivity index is 4.06. The van der Waals surface area contributed by atoms with Crippen molar-refractivity contribution in [3.8, 4) is 0 Å². The third-order valence-corrected chi connectivity index (χ3v) is 15.2. The summed E-state index contributed by atoms with van der Waals surface area (Å²) < 4.78 is 0. The molecule has 0 aliphatic heterocycles. The van der Waals surface area contributed by atoms with E-state index in [2.05, 4.69) is 6.92 Å². The molecule has 0 atom stereocenters. The molecule has 0 aliphatic rings. The summed E-state index contributed by atoms with van der Waals surface area (Å²) in [6.07, 6.45) is 6.48. The first-order valence-corrected chi connectivity index (χ1v) is 15.6. The molecule has 0 nitrogen and oxygen atoms in total. The third-order valence-electron chi connectivity index (χ3n) is 2.39. The highest BCUT2D eigenvalue weighted by Crippen LogP contribution is 2.48. The van der Waals surface area contributed by atoms with E-state index in [-0.39, 0.29) is 5.16 Å². The van der Waals surface area contributed by atoms with E-state index >= 15 is 0 Å². The molecule has 0 unspecified atom stereocenters. The molecule has 0 amide bonds. The van der Waals surface area contributed by atoms with Crippen molar-refractivity contribution >= 4 is 78.5 Å². The van der Waals surface area contributed by atoms with Gasteiger partial charge in [0, 0.05) is 5.16 Å². The van der Waals surface area contributed by atoms with Crippen LogP contribution in [0.2, 0.25) is 5.16 Å². The quantitative estimate of drug-likeness (QED) is 0.254. The van der Waals surface area contributed by atoms with Crippen LogP contribution in [0.15, 0.2) is 0 Å². The van der Waals surface area contributed by atoms with Crippen LogP contribution in [0.5, 0.6) is 0 Å². The lowest BCUT2D eigenvalue weighted by Crippen LogP contribution is -2.34. The minimum Gasteiger partial charge on any atom is -0.126 e. The van der Waals surface area contributed by atoms with Crippen LogP contribution in [0.1, 0.15) is 45.4 Å². The van der Waals surface area contributed by atoms with Crippen LogP contribution in [-0.2, 0) is 0 Å². The van der Waals surface area contributed by atoms with Crippen LogP contribution < -0.4 is 0 Å². The van der Waals surface area contributed by atoms with Crippen molar-refractivity contribution < 1.29 is 0 Å². The molecule has 0 saturated carbocycles. The molecule has 16 heavy (non-hydrogen) atoms. The van der Waals surface area contributed by atoms with Gasteiger partial charge in [0.15, 0.2) is 0 Å². The number of unbranched alkanes of at least 4 members (excludes halogenated alkanes) is 4. The summed E-state index contributed by atoms with van der Waals surface area (Å²) in [4.78, 5) is 0. The van der Waals surface area contributed by atoms with E-state index in [0.29, 0.717) is 0 Å². The highest BCUT2D eigenvalue weighted by Gasteiger charge is 2.50. The van der Waals surface area contributed by atoms with Crippen LogP contribution >= 0.6 is 66.5 Å². The van der Waals surface area contributed by atoms with Crippen molar-refractivity contribution in [1.82, 2.24) is 0 Å². The SMILES string of the molecule is CCCCCCCC([Si](Cl)(Cl)Cl)[Si](Cl)(Cl)Cl. The fourth-order valence-electron chi connectivity index (χ4n) is 1.46. The molecule has 0 spiro atoms. The van der Waals surface area contributed by atoms with Crippen molar-refractivity contribution in [3.05, 3.63) is 0 Å². The van der Waals surface area contributed by atoms with Crippen LogP contribution in [-0.4, -0.2) is 12.0 Å². The molecule has 98 valence electrons. The van der Waals surface area contributed by atoms with Crippen molar-refractivity contribution in [3.63, 3.8) is 0 Å². The second-order valence-corrected chi connectivity index (χ2v) is 22.2. The molecule has 8 heteroatoms. The van der Waals surface area contributed by atoms with Gasteiger partial charge in [0.2, 0.25) is 0 Å². The number of hydrogen-bond acceptors (Lipinski definition) is 0. The standard InChI is InChI=1S/C8H16Cl6Si2/c1-2-3-4-5-6-7-8(15(9,10)11)16(12,13)14/h8H,2-7H2,1H3. The molecular weight excluding hydrogens is 365 g/mol. The maximum absolute atomic E-state index is 5.98. The van der Waals surface area contributed by atoms with E-state index in [1.165, 1.54) is 19.3 Å². The van der Waals surface area contributed by atoms with Crippen LogP contribution in [0.25, 0.3) is 0 Å². The van der Waals surface area contributed by atoms with Crippen molar-refractivity contribution in [1.29, 1.82) is 0 Å². The molecule has 0 aliphatic carbocycles. The summed E-state index contributed by atoms with van der Waals surface area (Å²) in [7, 11) is 0. The van der Waals surface area contributed by atoms with E-state index in [0.717, 1.165) is 19.3 Å². The van der Waals surface area contributed by atoms with E-state index in [9.17, 15) is 0 Å². The monoisotopic (exact) mass is 378 g/mol. The van der Waals surface area contributed by atoms with Gasteiger partial charge >= 0.3 is 12.0 Å². The van der Waals surface area contributed by atoms with Crippen molar-refractivity contribution in [2.45, 2.75) is 50.6 Å². The van der Waals surface area contributed by atoms with Gasteiger partial charge in [0.1, 0.15) is 0 Å². The first kappa shape index (κ1) is 18.2. The minimum atomic E-state index is -2.91. The second kappa shape index (κ2) is 8.37. The Morgan fingerprint density at radius 3 is 1.56 bits per heavy atom. The van der Waals surface area contributed by atoms with Crippen molar-refractivity contribution in [2.75, 3.05) is 0 Å². The van der Waals surface area contributed by atoms with E-state index in [1.54, 1.807) is 0 Å². The number of hydrogen-bond donors (Lipinski definition) is 0. The molecule has 0 bridgehead atoms. The summed E-state index contributed by atoms with van der Waals surface area (Å²) in [6, 6.07) is -5.82. The summed E-state index contributed by atoms with van der Waals surface area (Å²) >= 11 is 35.9. The minimum absolute atomic E-state index is 0.295. The normalized spacial score (nSPS) is 13.5. The van der Waals surface area contributed by atoms with Gasteiger partial charge in [-0.25, -0.2) is 0 Å². The van der Waals surface area contributed by atoms with Gasteiger partial charge in [-0.05, 0) is 6.42 Å². The predicted octanol–water partition coefficient (Wildman–Crippen LogP) is 6.57. The zero-order valence-corrected chi connectivity index (χ0v) is 15.6. The first-order chi connectivity index (χ1) is 7.19. The predicted molar refractivity (Wildman–Crippen MR) is 83.8 cm³/mol. The highest BCUT2D eigenvalue weighted by molar-refractivity contribution is 7.75. The molecule has 0 radical (unpaired) electrons. The Bertz CT molecular complexity index is 174. The lowest BCUT2D eigenvalue weighted by Gasteiger charge is -2.26. The fourth-order valence-corrected chi connectivity index (χ4v) is 19.3. The van der Waals surface area contributed by atoms with Gasteiger partial charge in [-0.15, -0.1) is 66.5 Å². The zero-order valence-electron chi connectivity index (χ0n) is 9.09. The molecule has 0 heterocycles. The summed E-state index contributed by atoms with van der Waals surface area (Å²) in [6.45, 7) is 2.17. The second-order valence-electron chi connectivity index (χ2n) is 3.84. The van der Waals surface area contributed by atoms with Gasteiger partial charge in [-0.3, -0.25) is 0 Å². The Morgan fingerprint density at radius 2 is 1.19 bits per heavy atom. The maximum Gasteiger partial charge on any atom is 0.345 e. The Morgan fingerprint density at radius 1 is 0.750 bits per heavy atom. The summed E-state index contributed by atoms with van der Waals surface area (Å²) in [5.41, 5.74) is 0. The Hall–Kier alpha value is 2.17. The Labute approximate surface area is 128 Å². The summed E-state index contributed by atoms with van der Waals surface area (Å²) in [5.74, 6) is 0. The van der Waals surface area contributed by atoms with E-state index in [1.807, 2.05) is 0 Å². The highest BCUT2D eigenvalue weighted by atomic mass is 35.8. The smallest absolute Gasteiger partial charge is 0.126 e. The molecule has 0 fully saturated rings. The molecular formula is C8H16Cl6Si2. The zero-order chi connectivity index (χ0) is 12.8. The molecule has 0 aromatic heterocycles. The third kappa shape index (κ3) is 8.31. The molecule has 0 aromatic carbocycles.